The number of hydrogen-bond donors (Lipinski definition) is 1. The molecule has 1 N–H and O–H groups in total. The molecule has 0 aromatic heterocycles. The number of nitrogens with one attached hydrogen (secondary N) is 1. The van der Waals surface area contributed by atoms with Crippen LogP contribution < -0.4 is 15.0 Å². The molecule has 0 spiro atoms. The average molecular weight is 394 g/mol. The molecule has 1 saturated heterocycles. The highest BCUT2D eigenvalue weighted by molar-refractivity contribution is 6.39. The van der Waals surface area contributed by atoms with Crippen molar-refractivity contribution in [3.63, 3.8) is 0 Å². The third-order valence-corrected chi connectivity index (χ3v) is 4.23. The van der Waals surface area contributed by atoms with Crippen molar-refractivity contribution in [1.29, 1.82) is 0 Å². The summed E-state index contributed by atoms with van der Waals surface area (Å²) in [6.07, 6.45) is 1.39. The van der Waals surface area contributed by atoms with Gasteiger partial charge in [-0.25, -0.2) is 14.5 Å². The fourth-order valence-electron chi connectivity index (χ4n) is 2.72. The molecule has 4 amide bonds. The lowest BCUT2D eigenvalue weighted by Crippen LogP contribution is -2.54. The zero-order chi connectivity index (χ0) is 21.0. The zero-order valence-corrected chi connectivity index (χ0v) is 15.8. The van der Waals surface area contributed by atoms with E-state index in [1.54, 1.807) is 55.5 Å². The summed E-state index contributed by atoms with van der Waals surface area (Å²) in [5.74, 6) is -1.56. The van der Waals surface area contributed by atoms with Crippen LogP contribution in [-0.4, -0.2) is 37.5 Å². The molecule has 8 nitrogen and oxygen atoms in total. The van der Waals surface area contributed by atoms with Crippen molar-refractivity contribution < 1.29 is 28.7 Å². The van der Waals surface area contributed by atoms with Crippen molar-refractivity contribution in [2.45, 2.75) is 6.92 Å². The van der Waals surface area contributed by atoms with Crippen molar-refractivity contribution in [2.75, 3.05) is 18.6 Å². The third-order valence-electron chi connectivity index (χ3n) is 4.23. The normalized spacial score (nSPS) is 15.3. The Hall–Kier alpha value is -3.94. The quantitative estimate of drug-likeness (QED) is 0.474. The van der Waals surface area contributed by atoms with E-state index in [2.05, 4.69) is 10.1 Å². The molecule has 29 heavy (non-hydrogen) atoms. The minimum atomic E-state index is -0.794. The number of barbiturate groups is 1. The van der Waals surface area contributed by atoms with Gasteiger partial charge in [-0.2, -0.15) is 0 Å². The lowest BCUT2D eigenvalue weighted by molar-refractivity contribution is -0.143. The molecule has 0 radical (unpaired) electrons. The minimum Gasteiger partial charge on any atom is -0.482 e. The van der Waals surface area contributed by atoms with Gasteiger partial charge in [0.15, 0.2) is 6.61 Å². The number of carbonyl (C=O) groups is 4. The summed E-state index contributed by atoms with van der Waals surface area (Å²) in [4.78, 5) is 49.4. The summed E-state index contributed by atoms with van der Waals surface area (Å²) >= 11 is 0. The van der Waals surface area contributed by atoms with E-state index in [-0.39, 0.29) is 12.2 Å². The van der Waals surface area contributed by atoms with E-state index in [1.807, 2.05) is 0 Å². The standard InChI is InChI=1S/C21H18N2O6/c1-13-5-3-4-6-17(13)23-20(26)16(19(25)22-21(23)27)11-14-7-9-15(10-8-14)29-12-18(24)28-2/h3-11H,12H2,1-2H3,(H,22,25,27)/b16-11+. The zero-order valence-electron chi connectivity index (χ0n) is 15.8. The fourth-order valence-corrected chi connectivity index (χ4v) is 2.72. The number of nitrogens with zero attached hydrogens (tertiary/aromatic N) is 1. The first-order valence-corrected chi connectivity index (χ1v) is 8.67. The van der Waals surface area contributed by atoms with Gasteiger partial charge in [0.25, 0.3) is 11.8 Å². The Bertz CT molecular complexity index is 1010. The van der Waals surface area contributed by atoms with Crippen LogP contribution in [0.1, 0.15) is 11.1 Å². The molecular formula is C21H18N2O6. The van der Waals surface area contributed by atoms with Crippen LogP contribution in [-0.2, 0) is 19.1 Å². The first kappa shape index (κ1) is 19.8. The topological polar surface area (TPSA) is 102 Å². The van der Waals surface area contributed by atoms with Crippen molar-refractivity contribution in [3.05, 3.63) is 65.2 Å². The van der Waals surface area contributed by atoms with Gasteiger partial charge in [-0.3, -0.25) is 14.9 Å². The average Bonchev–Trinajstić information content (AvgIpc) is 2.71. The Balaban J connectivity index is 1.85. The number of para-hydroxylation sites is 1. The number of imide groups is 2. The second kappa shape index (κ2) is 8.39. The maximum atomic E-state index is 12.9. The minimum absolute atomic E-state index is 0.170. The van der Waals surface area contributed by atoms with Gasteiger partial charge < -0.3 is 9.47 Å². The van der Waals surface area contributed by atoms with Crippen LogP contribution in [0.15, 0.2) is 54.1 Å². The molecule has 8 heteroatoms. The summed E-state index contributed by atoms with van der Waals surface area (Å²) in [5, 5.41) is 2.19. The second-order valence-electron chi connectivity index (χ2n) is 6.18. The number of carbonyl (C=O) groups excluding carboxylic acids is 4. The first-order valence-electron chi connectivity index (χ1n) is 8.67. The molecule has 1 aliphatic rings. The molecule has 0 saturated carbocycles. The number of aryl methyl sites for hydroxylation is 1. The van der Waals surface area contributed by atoms with Gasteiger partial charge in [-0.1, -0.05) is 30.3 Å². The second-order valence-corrected chi connectivity index (χ2v) is 6.18. The number of esters is 1. The van der Waals surface area contributed by atoms with Gasteiger partial charge in [-0.15, -0.1) is 0 Å². The number of anilines is 1. The monoisotopic (exact) mass is 394 g/mol. The third kappa shape index (κ3) is 4.32. The predicted molar refractivity (Wildman–Crippen MR) is 104 cm³/mol. The molecule has 2 aromatic carbocycles. The number of ether oxygens (including phenoxy) is 2. The largest absolute Gasteiger partial charge is 0.482 e. The molecule has 3 rings (SSSR count). The van der Waals surface area contributed by atoms with E-state index < -0.39 is 23.8 Å². The number of hydrogen-bond acceptors (Lipinski definition) is 6. The van der Waals surface area contributed by atoms with Gasteiger partial charge in [0.2, 0.25) is 0 Å². The molecule has 1 heterocycles. The highest BCUT2D eigenvalue weighted by Gasteiger charge is 2.37. The highest BCUT2D eigenvalue weighted by atomic mass is 16.6. The Morgan fingerprint density at radius 1 is 1.07 bits per heavy atom. The lowest BCUT2D eigenvalue weighted by Gasteiger charge is -2.27. The van der Waals surface area contributed by atoms with E-state index in [1.165, 1.54) is 13.2 Å². The first-order chi connectivity index (χ1) is 13.9. The number of urea groups is 1. The predicted octanol–water partition coefficient (Wildman–Crippen LogP) is 2.21. The smallest absolute Gasteiger partial charge is 0.343 e. The lowest BCUT2D eigenvalue weighted by atomic mass is 10.1. The van der Waals surface area contributed by atoms with Crippen LogP contribution in [0.4, 0.5) is 10.5 Å². The van der Waals surface area contributed by atoms with Crippen molar-refractivity contribution >= 4 is 35.6 Å². The van der Waals surface area contributed by atoms with Crippen molar-refractivity contribution in [2.24, 2.45) is 0 Å². The maximum Gasteiger partial charge on any atom is 0.343 e. The number of rotatable bonds is 5. The number of benzene rings is 2. The van der Waals surface area contributed by atoms with E-state index >= 15 is 0 Å². The van der Waals surface area contributed by atoms with Gasteiger partial charge in [0, 0.05) is 0 Å². The molecule has 0 aliphatic carbocycles. The molecule has 0 unspecified atom stereocenters. The molecule has 0 atom stereocenters. The van der Waals surface area contributed by atoms with E-state index in [0.29, 0.717) is 17.0 Å². The van der Waals surface area contributed by atoms with Gasteiger partial charge in [0.1, 0.15) is 11.3 Å². The Kier molecular flexibility index (Phi) is 5.73. The Labute approximate surface area is 166 Å². The van der Waals surface area contributed by atoms with E-state index in [4.69, 9.17) is 4.74 Å². The Morgan fingerprint density at radius 3 is 2.41 bits per heavy atom. The van der Waals surface area contributed by atoms with Gasteiger partial charge in [-0.05, 0) is 42.3 Å². The SMILES string of the molecule is COC(=O)COc1ccc(/C=C2\C(=O)NC(=O)N(c3ccccc3C)C2=O)cc1. The van der Waals surface area contributed by atoms with Gasteiger partial charge >= 0.3 is 12.0 Å². The van der Waals surface area contributed by atoms with Crippen LogP contribution in [0, 0.1) is 6.92 Å². The van der Waals surface area contributed by atoms with Gasteiger partial charge in [0.05, 0.1) is 12.8 Å². The summed E-state index contributed by atoms with van der Waals surface area (Å²) in [6.45, 7) is 1.54. The highest BCUT2D eigenvalue weighted by Crippen LogP contribution is 2.25. The fraction of sp³-hybridized carbons (Fsp3) is 0.143. The van der Waals surface area contributed by atoms with Crippen LogP contribution in [0.3, 0.4) is 0 Å². The van der Waals surface area contributed by atoms with Crippen LogP contribution >= 0.6 is 0 Å². The number of amides is 4. The molecule has 1 aliphatic heterocycles. The van der Waals surface area contributed by atoms with Crippen LogP contribution in [0.25, 0.3) is 6.08 Å². The van der Waals surface area contributed by atoms with E-state index in [9.17, 15) is 19.2 Å². The molecule has 1 fully saturated rings. The molecule has 0 bridgehead atoms. The van der Waals surface area contributed by atoms with E-state index in [0.717, 1.165) is 10.5 Å². The van der Waals surface area contributed by atoms with Crippen molar-refractivity contribution in [3.8, 4) is 5.75 Å². The van der Waals surface area contributed by atoms with Crippen LogP contribution in [0.2, 0.25) is 0 Å². The summed E-state index contributed by atoms with van der Waals surface area (Å²) < 4.78 is 9.75. The molecule has 148 valence electrons. The van der Waals surface area contributed by atoms with Crippen molar-refractivity contribution in [1.82, 2.24) is 5.32 Å². The maximum absolute atomic E-state index is 12.9. The number of methoxy groups -OCH3 is 1. The summed E-state index contributed by atoms with van der Waals surface area (Å²) in [5.41, 5.74) is 1.50. The Morgan fingerprint density at radius 2 is 1.76 bits per heavy atom. The molecular weight excluding hydrogens is 376 g/mol. The summed E-state index contributed by atoms with van der Waals surface area (Å²) in [7, 11) is 1.26. The summed E-state index contributed by atoms with van der Waals surface area (Å²) in [6, 6.07) is 12.5. The van der Waals surface area contributed by atoms with Crippen LogP contribution in [0.5, 0.6) is 5.75 Å². The molecule has 2 aromatic rings.